The van der Waals surface area contributed by atoms with Gasteiger partial charge in [-0.25, -0.2) is 0 Å². The SMILES string of the molecule is CC1C(OC(=O)CCCC(=O)O)CCC2(C)C1CCC1(C)C3CCC4(C(=O)NCC(=O)O)CCC(C)(C)CC4C3=CCC12. The van der Waals surface area contributed by atoms with Crippen LogP contribution in [0.15, 0.2) is 11.6 Å². The Kier molecular flexibility index (Phi) is 8.58. The van der Waals surface area contributed by atoms with Gasteiger partial charge in [0, 0.05) is 12.8 Å². The number of allylic oxidation sites excluding steroid dienone is 2. The molecule has 0 aromatic rings. The number of esters is 1. The lowest BCUT2D eigenvalue weighted by Gasteiger charge is -2.66. The molecule has 0 aromatic carbocycles. The standard InChI is InChI=1S/C35H53NO7/c1-21-23-11-14-34(5)24-12-16-35(31(42)36-20-29(39)40)18-17-32(2,3)19-25(35)22(24)9-10-27(34)33(23,4)15-13-26(21)43-30(41)8-6-7-28(37)38/h9,21,23-27H,6-8,10-20H2,1-5H3,(H,36,42)(H,37,38)(H,39,40). The molecule has 5 aliphatic carbocycles. The van der Waals surface area contributed by atoms with E-state index in [2.05, 4.69) is 46.0 Å². The van der Waals surface area contributed by atoms with Gasteiger partial charge in [0.2, 0.25) is 5.91 Å². The molecule has 0 bridgehead atoms. The van der Waals surface area contributed by atoms with E-state index in [0.29, 0.717) is 24.2 Å². The van der Waals surface area contributed by atoms with Gasteiger partial charge in [-0.05, 0) is 116 Å². The van der Waals surface area contributed by atoms with Gasteiger partial charge in [0.1, 0.15) is 12.6 Å². The molecular weight excluding hydrogens is 546 g/mol. The molecule has 4 fully saturated rings. The minimum atomic E-state index is -1.000. The number of aliphatic carboxylic acids is 2. The first-order valence-corrected chi connectivity index (χ1v) is 16.7. The Morgan fingerprint density at radius 2 is 1.60 bits per heavy atom. The van der Waals surface area contributed by atoms with Crippen molar-refractivity contribution in [3.63, 3.8) is 0 Å². The summed E-state index contributed by atoms with van der Waals surface area (Å²) < 4.78 is 5.95. The first-order chi connectivity index (χ1) is 20.1. The maximum atomic E-state index is 13.7. The lowest BCUT2D eigenvalue weighted by molar-refractivity contribution is -0.179. The molecule has 0 aromatic heterocycles. The molecule has 8 heteroatoms. The van der Waals surface area contributed by atoms with Gasteiger partial charge < -0.3 is 20.3 Å². The van der Waals surface area contributed by atoms with Gasteiger partial charge in [0.05, 0.1) is 5.41 Å². The second-order valence-electron chi connectivity index (χ2n) is 16.1. The number of nitrogens with one attached hydrogen (secondary N) is 1. The van der Waals surface area contributed by atoms with Crippen LogP contribution in [0.25, 0.3) is 0 Å². The summed E-state index contributed by atoms with van der Waals surface area (Å²) in [5.41, 5.74) is 1.38. The highest BCUT2D eigenvalue weighted by Gasteiger charge is 2.64. The van der Waals surface area contributed by atoms with Gasteiger partial charge in [-0.2, -0.15) is 0 Å². The number of carboxylic acid groups (broad SMARTS) is 2. The Morgan fingerprint density at radius 3 is 2.30 bits per heavy atom. The third-order valence-corrected chi connectivity index (χ3v) is 13.3. The fourth-order valence-corrected chi connectivity index (χ4v) is 11.0. The highest BCUT2D eigenvalue weighted by atomic mass is 16.5. The average molecular weight is 600 g/mol. The lowest BCUT2D eigenvalue weighted by atomic mass is 9.38. The van der Waals surface area contributed by atoms with Crippen LogP contribution in [0.3, 0.4) is 0 Å². The van der Waals surface area contributed by atoms with Crippen molar-refractivity contribution < 1.29 is 34.1 Å². The van der Waals surface area contributed by atoms with E-state index in [1.165, 1.54) is 5.57 Å². The van der Waals surface area contributed by atoms with Crippen molar-refractivity contribution in [2.24, 2.45) is 51.2 Å². The Hall–Kier alpha value is -2.38. The molecule has 9 unspecified atom stereocenters. The van der Waals surface area contributed by atoms with Gasteiger partial charge in [0.15, 0.2) is 0 Å². The summed E-state index contributed by atoms with van der Waals surface area (Å²) in [6.07, 6.45) is 12.5. The molecule has 0 spiro atoms. The highest BCUT2D eigenvalue weighted by molar-refractivity contribution is 5.87. The Morgan fingerprint density at radius 1 is 0.884 bits per heavy atom. The van der Waals surface area contributed by atoms with Crippen LogP contribution < -0.4 is 5.32 Å². The summed E-state index contributed by atoms with van der Waals surface area (Å²) in [6, 6.07) is 0. The molecule has 43 heavy (non-hydrogen) atoms. The van der Waals surface area contributed by atoms with Crippen LogP contribution >= 0.6 is 0 Å². The van der Waals surface area contributed by atoms with Crippen LogP contribution in [0.2, 0.25) is 0 Å². The van der Waals surface area contributed by atoms with Crippen LogP contribution in [-0.2, 0) is 23.9 Å². The molecule has 0 saturated heterocycles. The van der Waals surface area contributed by atoms with Crippen molar-refractivity contribution in [2.75, 3.05) is 6.54 Å². The van der Waals surface area contributed by atoms with E-state index in [1.54, 1.807) is 0 Å². The quantitative estimate of drug-likeness (QED) is 0.218. The van der Waals surface area contributed by atoms with Crippen LogP contribution in [0.1, 0.15) is 118 Å². The summed E-state index contributed by atoms with van der Waals surface area (Å²) in [7, 11) is 0. The van der Waals surface area contributed by atoms with Gasteiger partial charge in [-0.1, -0.05) is 46.3 Å². The number of amides is 1. The van der Waals surface area contributed by atoms with Crippen molar-refractivity contribution in [3.8, 4) is 0 Å². The smallest absolute Gasteiger partial charge is 0.322 e. The second kappa shape index (κ2) is 11.5. The largest absolute Gasteiger partial charge is 0.481 e. The van der Waals surface area contributed by atoms with E-state index >= 15 is 0 Å². The summed E-state index contributed by atoms with van der Waals surface area (Å²) in [6.45, 7) is 11.6. The third kappa shape index (κ3) is 5.65. The molecule has 4 saturated carbocycles. The molecule has 0 radical (unpaired) electrons. The molecule has 5 aliphatic rings. The van der Waals surface area contributed by atoms with Crippen LogP contribution in [0.4, 0.5) is 0 Å². The van der Waals surface area contributed by atoms with Crippen LogP contribution in [0.5, 0.6) is 0 Å². The van der Waals surface area contributed by atoms with Crippen molar-refractivity contribution in [1.29, 1.82) is 0 Å². The minimum Gasteiger partial charge on any atom is -0.481 e. The molecule has 5 rings (SSSR count). The summed E-state index contributed by atoms with van der Waals surface area (Å²) in [5, 5.41) is 21.0. The summed E-state index contributed by atoms with van der Waals surface area (Å²) in [5.74, 6) is -0.402. The molecule has 0 heterocycles. The zero-order chi connectivity index (χ0) is 31.4. The normalized spacial score (nSPS) is 41.3. The molecule has 8 nitrogen and oxygen atoms in total. The van der Waals surface area contributed by atoms with E-state index in [1.807, 2.05) is 0 Å². The zero-order valence-electron chi connectivity index (χ0n) is 26.9. The number of fused-ring (bicyclic) bond motifs is 7. The molecular formula is C35H53NO7. The number of carbonyl (C=O) groups excluding carboxylic acids is 2. The van der Waals surface area contributed by atoms with Crippen molar-refractivity contribution in [1.82, 2.24) is 5.32 Å². The van der Waals surface area contributed by atoms with Gasteiger partial charge >= 0.3 is 17.9 Å². The highest BCUT2D eigenvalue weighted by Crippen LogP contribution is 2.70. The molecule has 9 atom stereocenters. The van der Waals surface area contributed by atoms with E-state index < -0.39 is 17.4 Å². The van der Waals surface area contributed by atoms with E-state index in [-0.39, 0.29) is 65.4 Å². The lowest BCUT2D eigenvalue weighted by Crippen LogP contribution is -2.61. The van der Waals surface area contributed by atoms with Crippen molar-refractivity contribution in [2.45, 2.75) is 124 Å². The van der Waals surface area contributed by atoms with Crippen LogP contribution in [0, 0.1) is 51.2 Å². The third-order valence-electron chi connectivity index (χ3n) is 13.3. The number of hydrogen-bond donors (Lipinski definition) is 3. The maximum Gasteiger partial charge on any atom is 0.322 e. The number of carbonyl (C=O) groups is 4. The van der Waals surface area contributed by atoms with Gasteiger partial charge in [0.25, 0.3) is 0 Å². The monoisotopic (exact) mass is 599 g/mol. The first-order valence-electron chi connectivity index (χ1n) is 16.7. The van der Waals surface area contributed by atoms with E-state index in [9.17, 15) is 24.3 Å². The molecule has 0 aliphatic heterocycles. The van der Waals surface area contributed by atoms with Crippen molar-refractivity contribution in [3.05, 3.63) is 11.6 Å². The van der Waals surface area contributed by atoms with E-state index in [4.69, 9.17) is 9.84 Å². The zero-order valence-corrected chi connectivity index (χ0v) is 26.9. The summed E-state index contributed by atoms with van der Waals surface area (Å²) >= 11 is 0. The van der Waals surface area contributed by atoms with Crippen molar-refractivity contribution >= 4 is 23.8 Å². The maximum absolute atomic E-state index is 13.7. The average Bonchev–Trinajstić information content (AvgIpc) is 2.92. The second-order valence-corrected chi connectivity index (χ2v) is 16.1. The number of ether oxygens (including phenoxy) is 1. The number of hydrogen-bond acceptors (Lipinski definition) is 5. The minimum absolute atomic E-state index is 0.0145. The van der Waals surface area contributed by atoms with E-state index in [0.717, 1.165) is 64.2 Å². The fourth-order valence-electron chi connectivity index (χ4n) is 11.0. The Bertz CT molecular complexity index is 1180. The predicted molar refractivity (Wildman–Crippen MR) is 162 cm³/mol. The first kappa shape index (κ1) is 32.0. The molecule has 3 N–H and O–H groups in total. The Balaban J connectivity index is 1.37. The number of carboxylic acids is 2. The summed E-state index contributed by atoms with van der Waals surface area (Å²) in [4.78, 5) is 48.4. The number of rotatable bonds is 8. The van der Waals surface area contributed by atoms with Crippen LogP contribution in [-0.4, -0.2) is 46.7 Å². The predicted octanol–water partition coefficient (Wildman–Crippen LogP) is 6.38. The molecule has 240 valence electrons. The van der Waals surface area contributed by atoms with Gasteiger partial charge in [-0.3, -0.25) is 19.2 Å². The van der Waals surface area contributed by atoms with Gasteiger partial charge in [-0.15, -0.1) is 0 Å². The topological polar surface area (TPSA) is 130 Å². The fraction of sp³-hybridized carbons (Fsp3) is 0.829. The molecule has 1 amide bonds. The Labute approximate surface area is 256 Å².